The average molecular weight is 619 g/mol. The molecule has 0 aliphatic heterocycles. The normalized spacial score (nSPS) is 13.4. The first-order valence-electron chi connectivity index (χ1n) is 19.2. The second-order valence-corrected chi connectivity index (χ2v) is 13.3. The van der Waals surface area contributed by atoms with Crippen LogP contribution in [0.15, 0.2) is 24.3 Å². The molecule has 2 atom stereocenters. The summed E-state index contributed by atoms with van der Waals surface area (Å²) in [7, 11) is 0. The lowest BCUT2D eigenvalue weighted by molar-refractivity contribution is -0.151. The van der Waals surface area contributed by atoms with Gasteiger partial charge >= 0.3 is 0 Å². The molecule has 0 aromatic carbocycles. The molecule has 0 saturated carbocycles. The average Bonchev–Trinajstić information content (AvgIpc) is 3.00. The molecule has 0 spiro atoms. The predicted octanol–water partition coefficient (Wildman–Crippen LogP) is 11.8. The predicted molar refractivity (Wildman–Crippen MR) is 190 cm³/mol. The molecule has 0 amide bonds. The van der Waals surface area contributed by atoms with E-state index in [1.165, 1.54) is 109 Å². The third-order valence-corrected chi connectivity index (χ3v) is 9.11. The third kappa shape index (κ3) is 27.1. The van der Waals surface area contributed by atoms with E-state index in [2.05, 4.69) is 38.2 Å². The maximum Gasteiger partial charge on any atom is 0.161 e. The number of carbonyl (C=O) groups excluding carboxylic acids is 2. The summed E-state index contributed by atoms with van der Waals surface area (Å²) in [4.78, 5) is 25.5. The van der Waals surface area contributed by atoms with Crippen LogP contribution in [0, 0.1) is 11.8 Å². The minimum Gasteiger partial charge on any atom is -0.367 e. The number of aliphatic hydroxyl groups is 2. The van der Waals surface area contributed by atoms with Crippen molar-refractivity contribution in [3.8, 4) is 0 Å². The summed E-state index contributed by atoms with van der Waals surface area (Å²) in [5.74, 6) is -1.83. The van der Waals surface area contributed by atoms with Crippen molar-refractivity contribution in [2.75, 3.05) is 0 Å². The zero-order valence-corrected chi connectivity index (χ0v) is 29.6. The molecule has 0 bridgehead atoms. The fourth-order valence-corrected chi connectivity index (χ4v) is 6.04. The van der Waals surface area contributed by atoms with Crippen LogP contribution in [0.4, 0.5) is 0 Å². The molecule has 0 aliphatic carbocycles. The standard InChI is InChI=1S/C40H74O4/c1-4-6-8-10-12-14-16-18-20-22-24-26-28-30-32-34-37(41)36(3)39(40(43)44)38(42)35-33-31-29-27-25-23-21-19-17-15-13-11-9-7-5-2/h18-21,36,39-40,43-44H,4-17,22-35H2,1-3H3/b20-18-,21-19-. The summed E-state index contributed by atoms with van der Waals surface area (Å²) in [5.41, 5.74) is 0. The summed E-state index contributed by atoms with van der Waals surface area (Å²) in [6.45, 7) is 6.21. The van der Waals surface area contributed by atoms with Gasteiger partial charge in [0.15, 0.2) is 6.29 Å². The van der Waals surface area contributed by atoms with Crippen LogP contribution in [0.2, 0.25) is 0 Å². The summed E-state index contributed by atoms with van der Waals surface area (Å²) >= 11 is 0. The highest BCUT2D eigenvalue weighted by molar-refractivity contribution is 5.89. The first-order chi connectivity index (χ1) is 21.5. The Kier molecular flexibility index (Phi) is 32.2. The first kappa shape index (κ1) is 42.7. The van der Waals surface area contributed by atoms with Crippen molar-refractivity contribution >= 4 is 11.6 Å². The van der Waals surface area contributed by atoms with E-state index in [9.17, 15) is 19.8 Å². The molecule has 0 fully saturated rings. The van der Waals surface area contributed by atoms with Gasteiger partial charge in [-0.15, -0.1) is 0 Å². The number of Topliss-reactive ketones (excluding diaryl/α,β-unsaturated/α-hetero) is 2. The molecule has 0 rings (SSSR count). The Morgan fingerprint density at radius 3 is 1.09 bits per heavy atom. The van der Waals surface area contributed by atoms with E-state index in [4.69, 9.17) is 0 Å². The van der Waals surface area contributed by atoms with Gasteiger partial charge in [-0.05, 0) is 64.2 Å². The van der Waals surface area contributed by atoms with Gasteiger partial charge in [-0.1, -0.05) is 148 Å². The van der Waals surface area contributed by atoms with Gasteiger partial charge in [0, 0.05) is 18.8 Å². The van der Waals surface area contributed by atoms with Gasteiger partial charge in [-0.3, -0.25) is 9.59 Å². The minimum absolute atomic E-state index is 0.0152. The van der Waals surface area contributed by atoms with Crippen LogP contribution in [0.1, 0.15) is 201 Å². The van der Waals surface area contributed by atoms with Crippen molar-refractivity contribution in [1.82, 2.24) is 0 Å². The molecule has 0 aromatic rings. The number of rotatable bonds is 34. The molecule has 0 radical (unpaired) electrons. The summed E-state index contributed by atoms with van der Waals surface area (Å²) in [5, 5.41) is 19.8. The number of hydrogen-bond donors (Lipinski definition) is 2. The molecule has 4 nitrogen and oxygen atoms in total. The van der Waals surface area contributed by atoms with Gasteiger partial charge in [0.25, 0.3) is 0 Å². The zero-order chi connectivity index (χ0) is 32.5. The van der Waals surface area contributed by atoms with Crippen molar-refractivity contribution < 1.29 is 19.8 Å². The highest BCUT2D eigenvalue weighted by atomic mass is 16.5. The van der Waals surface area contributed by atoms with Gasteiger partial charge in [0.05, 0.1) is 5.92 Å². The quantitative estimate of drug-likeness (QED) is 0.0427. The highest BCUT2D eigenvalue weighted by Crippen LogP contribution is 2.23. The summed E-state index contributed by atoms with van der Waals surface area (Å²) in [6, 6.07) is 0. The number of carbonyl (C=O) groups is 2. The SMILES string of the molecule is CCCCCCCC/C=C\CCCCCCCC(=O)C(C)C(C(=O)CCCCCCC/C=C\CCCCCCCC)C(O)O. The van der Waals surface area contributed by atoms with E-state index in [1.54, 1.807) is 6.92 Å². The lowest BCUT2D eigenvalue weighted by Gasteiger charge is -2.23. The van der Waals surface area contributed by atoms with Crippen molar-refractivity contribution in [3.63, 3.8) is 0 Å². The third-order valence-electron chi connectivity index (χ3n) is 9.11. The number of ketones is 2. The summed E-state index contributed by atoms with van der Waals surface area (Å²) < 4.78 is 0. The number of aliphatic hydroxyl groups excluding tert-OH is 1. The molecule has 0 aromatic heterocycles. The Bertz CT molecular complexity index is 695. The number of unbranched alkanes of at least 4 members (excludes halogenated alkanes) is 22. The van der Waals surface area contributed by atoms with Gasteiger partial charge < -0.3 is 10.2 Å². The number of allylic oxidation sites excluding steroid dienone is 4. The van der Waals surface area contributed by atoms with Crippen molar-refractivity contribution in [1.29, 1.82) is 0 Å². The fourth-order valence-electron chi connectivity index (χ4n) is 6.04. The molecular weight excluding hydrogens is 544 g/mol. The number of hydrogen-bond acceptors (Lipinski definition) is 4. The molecule has 0 heterocycles. The van der Waals surface area contributed by atoms with Crippen LogP contribution in [0.3, 0.4) is 0 Å². The van der Waals surface area contributed by atoms with Gasteiger partial charge in [0.2, 0.25) is 0 Å². The zero-order valence-electron chi connectivity index (χ0n) is 29.6. The monoisotopic (exact) mass is 619 g/mol. The van der Waals surface area contributed by atoms with E-state index in [0.29, 0.717) is 12.8 Å². The van der Waals surface area contributed by atoms with Crippen molar-refractivity contribution in [2.45, 2.75) is 207 Å². The topological polar surface area (TPSA) is 74.6 Å². The Morgan fingerprint density at radius 1 is 0.455 bits per heavy atom. The Morgan fingerprint density at radius 2 is 0.750 bits per heavy atom. The lowest BCUT2D eigenvalue weighted by atomic mass is 9.83. The van der Waals surface area contributed by atoms with Gasteiger partial charge in [-0.25, -0.2) is 0 Å². The minimum atomic E-state index is -1.77. The lowest BCUT2D eigenvalue weighted by Crippen LogP contribution is -2.37. The Balaban J connectivity index is 3.88. The highest BCUT2D eigenvalue weighted by Gasteiger charge is 2.34. The molecule has 0 aliphatic rings. The first-order valence-corrected chi connectivity index (χ1v) is 19.2. The van der Waals surface area contributed by atoms with Crippen molar-refractivity contribution in [2.24, 2.45) is 11.8 Å². The molecule has 0 saturated heterocycles. The van der Waals surface area contributed by atoms with E-state index in [1.807, 2.05) is 0 Å². The van der Waals surface area contributed by atoms with Gasteiger partial charge in [0.1, 0.15) is 11.6 Å². The van der Waals surface area contributed by atoms with Crippen LogP contribution in [-0.4, -0.2) is 28.1 Å². The van der Waals surface area contributed by atoms with E-state index < -0.39 is 18.1 Å². The van der Waals surface area contributed by atoms with Crippen LogP contribution in [-0.2, 0) is 9.59 Å². The van der Waals surface area contributed by atoms with Crippen LogP contribution in [0.5, 0.6) is 0 Å². The van der Waals surface area contributed by atoms with Crippen LogP contribution >= 0.6 is 0 Å². The largest absolute Gasteiger partial charge is 0.367 e. The second kappa shape index (κ2) is 33.1. The molecule has 4 heteroatoms. The second-order valence-electron chi connectivity index (χ2n) is 13.3. The molecule has 2 N–H and O–H groups in total. The van der Waals surface area contributed by atoms with E-state index in [-0.39, 0.29) is 11.6 Å². The van der Waals surface area contributed by atoms with Crippen LogP contribution in [0.25, 0.3) is 0 Å². The van der Waals surface area contributed by atoms with Gasteiger partial charge in [-0.2, -0.15) is 0 Å². The van der Waals surface area contributed by atoms with Crippen molar-refractivity contribution in [3.05, 3.63) is 24.3 Å². The van der Waals surface area contributed by atoms with Crippen LogP contribution < -0.4 is 0 Å². The molecular formula is C40H74O4. The molecule has 2 unspecified atom stereocenters. The Labute approximate surface area is 274 Å². The van der Waals surface area contributed by atoms with E-state index in [0.717, 1.165) is 57.8 Å². The maximum absolute atomic E-state index is 12.8. The molecule has 258 valence electrons. The molecule has 44 heavy (non-hydrogen) atoms. The summed E-state index contributed by atoms with van der Waals surface area (Å²) in [6.07, 6.45) is 39.6. The van der Waals surface area contributed by atoms with E-state index >= 15 is 0 Å². The fraction of sp³-hybridized carbons (Fsp3) is 0.850. The smallest absolute Gasteiger partial charge is 0.161 e. The Hall–Kier alpha value is -1.26. The maximum atomic E-state index is 12.8.